The second kappa shape index (κ2) is 6.19. The third-order valence-electron chi connectivity index (χ3n) is 3.09. The molecule has 1 amide bonds. The number of rotatable bonds is 5. The Labute approximate surface area is 107 Å². The highest BCUT2D eigenvalue weighted by atomic mass is 16.4. The number of hydrogen-bond donors (Lipinski definition) is 1. The van der Waals surface area contributed by atoms with Crippen LogP contribution in [0.4, 0.5) is 0 Å². The number of nitrogens with zero attached hydrogens (tertiary/aromatic N) is 1. The van der Waals surface area contributed by atoms with E-state index in [1.54, 1.807) is 19.1 Å². The van der Waals surface area contributed by atoms with Gasteiger partial charge in [0, 0.05) is 12.6 Å². The topological polar surface area (TPSA) is 57.6 Å². The quantitative estimate of drug-likeness (QED) is 0.870. The summed E-state index contributed by atoms with van der Waals surface area (Å²) in [6, 6.07) is 6.53. The van der Waals surface area contributed by atoms with Gasteiger partial charge in [0.15, 0.2) is 0 Å². The van der Waals surface area contributed by atoms with Crippen LogP contribution in [-0.4, -0.2) is 35.0 Å². The molecule has 4 heteroatoms. The molecule has 4 nitrogen and oxygen atoms in total. The molecule has 1 aromatic rings. The van der Waals surface area contributed by atoms with Crippen molar-refractivity contribution in [1.82, 2.24) is 4.90 Å². The highest BCUT2D eigenvalue weighted by Crippen LogP contribution is 2.14. The van der Waals surface area contributed by atoms with Crippen LogP contribution in [0.5, 0.6) is 0 Å². The molecule has 18 heavy (non-hydrogen) atoms. The first-order valence-corrected chi connectivity index (χ1v) is 6.10. The van der Waals surface area contributed by atoms with Gasteiger partial charge in [0.05, 0.1) is 0 Å². The van der Waals surface area contributed by atoms with Crippen LogP contribution < -0.4 is 0 Å². The molecule has 0 aliphatic heterocycles. The van der Waals surface area contributed by atoms with Gasteiger partial charge >= 0.3 is 5.97 Å². The second-order valence-electron chi connectivity index (χ2n) is 4.19. The number of hydrogen-bond acceptors (Lipinski definition) is 2. The van der Waals surface area contributed by atoms with Crippen molar-refractivity contribution < 1.29 is 14.7 Å². The molecule has 0 radical (unpaired) electrons. The molecule has 1 unspecified atom stereocenters. The van der Waals surface area contributed by atoms with Crippen molar-refractivity contribution in [3.05, 3.63) is 35.4 Å². The van der Waals surface area contributed by atoms with Crippen LogP contribution in [0.25, 0.3) is 0 Å². The summed E-state index contributed by atoms with van der Waals surface area (Å²) in [6.45, 7) is 3.73. The number of aliphatic carboxylic acids is 1. The van der Waals surface area contributed by atoms with Crippen molar-refractivity contribution in [3.63, 3.8) is 0 Å². The van der Waals surface area contributed by atoms with E-state index in [4.69, 9.17) is 5.11 Å². The van der Waals surface area contributed by atoms with E-state index in [-0.39, 0.29) is 5.91 Å². The summed E-state index contributed by atoms with van der Waals surface area (Å²) in [7, 11) is 1.54. The number of carboxylic acid groups (broad SMARTS) is 1. The van der Waals surface area contributed by atoms with E-state index in [0.29, 0.717) is 12.0 Å². The van der Waals surface area contributed by atoms with Crippen molar-refractivity contribution in [2.75, 3.05) is 7.05 Å². The fourth-order valence-corrected chi connectivity index (χ4v) is 1.98. The van der Waals surface area contributed by atoms with E-state index in [9.17, 15) is 9.59 Å². The lowest BCUT2D eigenvalue weighted by molar-refractivity contribution is -0.142. The molecule has 0 spiro atoms. The average Bonchev–Trinajstić information content (AvgIpc) is 2.38. The lowest BCUT2D eigenvalue weighted by Gasteiger charge is -2.24. The third kappa shape index (κ3) is 2.88. The lowest BCUT2D eigenvalue weighted by atomic mass is 10.0. The molecule has 0 heterocycles. The first-order valence-electron chi connectivity index (χ1n) is 6.10. The maximum atomic E-state index is 12.3. The Hall–Kier alpha value is -1.84. The minimum Gasteiger partial charge on any atom is -0.480 e. The standard InChI is InChI=1S/C14H19NO3/c1-4-10-8-6-7-9-11(10)13(16)15(3)12(5-2)14(17)18/h6-9,12H,4-5H2,1-3H3,(H,17,18). The van der Waals surface area contributed by atoms with Gasteiger partial charge in [-0.1, -0.05) is 32.0 Å². The molecule has 0 bridgehead atoms. The minimum absolute atomic E-state index is 0.235. The van der Waals surface area contributed by atoms with Gasteiger partial charge in [-0.15, -0.1) is 0 Å². The summed E-state index contributed by atoms with van der Waals surface area (Å²) in [4.78, 5) is 24.7. The summed E-state index contributed by atoms with van der Waals surface area (Å²) >= 11 is 0. The monoisotopic (exact) mass is 249 g/mol. The molecular weight excluding hydrogens is 230 g/mol. The van der Waals surface area contributed by atoms with Gasteiger partial charge in [-0.3, -0.25) is 4.79 Å². The fourth-order valence-electron chi connectivity index (χ4n) is 1.98. The normalized spacial score (nSPS) is 11.9. The van der Waals surface area contributed by atoms with Crippen molar-refractivity contribution in [3.8, 4) is 0 Å². The smallest absolute Gasteiger partial charge is 0.326 e. The first-order chi connectivity index (χ1) is 8.52. The van der Waals surface area contributed by atoms with Crippen molar-refractivity contribution in [2.24, 2.45) is 0 Å². The molecule has 0 aliphatic carbocycles. The molecule has 1 aromatic carbocycles. The Morgan fingerprint density at radius 2 is 1.89 bits per heavy atom. The molecule has 1 atom stereocenters. The van der Waals surface area contributed by atoms with E-state index >= 15 is 0 Å². The van der Waals surface area contributed by atoms with E-state index < -0.39 is 12.0 Å². The highest BCUT2D eigenvalue weighted by Gasteiger charge is 2.26. The largest absolute Gasteiger partial charge is 0.480 e. The SMILES string of the molecule is CCc1ccccc1C(=O)N(C)C(CC)C(=O)O. The maximum Gasteiger partial charge on any atom is 0.326 e. The van der Waals surface area contributed by atoms with Gasteiger partial charge in [0.2, 0.25) is 0 Å². The number of likely N-dealkylation sites (N-methyl/N-ethyl adjacent to an activating group) is 1. The van der Waals surface area contributed by atoms with Crippen LogP contribution in [0.2, 0.25) is 0 Å². The summed E-state index contributed by atoms with van der Waals surface area (Å²) in [5.41, 5.74) is 1.52. The molecule has 1 rings (SSSR count). The van der Waals surface area contributed by atoms with Gasteiger partial charge in [-0.2, -0.15) is 0 Å². The van der Waals surface area contributed by atoms with Gasteiger partial charge in [-0.05, 0) is 24.5 Å². The first kappa shape index (κ1) is 14.2. The molecule has 0 fully saturated rings. The molecule has 1 N–H and O–H groups in total. The van der Waals surface area contributed by atoms with E-state index in [1.807, 2.05) is 19.1 Å². The fraction of sp³-hybridized carbons (Fsp3) is 0.429. The zero-order valence-corrected chi connectivity index (χ0v) is 11.0. The van der Waals surface area contributed by atoms with Crippen molar-refractivity contribution >= 4 is 11.9 Å². The zero-order valence-electron chi connectivity index (χ0n) is 11.0. The van der Waals surface area contributed by atoms with Gasteiger partial charge in [-0.25, -0.2) is 4.79 Å². The molecule has 0 saturated heterocycles. The van der Waals surface area contributed by atoms with Gasteiger partial charge in [0.1, 0.15) is 6.04 Å². The highest BCUT2D eigenvalue weighted by molar-refractivity contribution is 5.97. The van der Waals surface area contributed by atoms with E-state index in [0.717, 1.165) is 12.0 Å². The Morgan fingerprint density at radius 1 is 1.28 bits per heavy atom. The van der Waals surface area contributed by atoms with E-state index in [1.165, 1.54) is 11.9 Å². The zero-order chi connectivity index (χ0) is 13.7. The Kier molecular flexibility index (Phi) is 4.89. The third-order valence-corrected chi connectivity index (χ3v) is 3.09. The molecule has 0 saturated carbocycles. The second-order valence-corrected chi connectivity index (χ2v) is 4.19. The Morgan fingerprint density at radius 3 is 2.39 bits per heavy atom. The van der Waals surface area contributed by atoms with Crippen LogP contribution in [-0.2, 0) is 11.2 Å². The average molecular weight is 249 g/mol. The van der Waals surface area contributed by atoms with Crippen LogP contribution in [0.1, 0.15) is 36.2 Å². The predicted octanol–water partition coefficient (Wildman–Crippen LogP) is 2.18. The number of carboxylic acids is 1. The van der Waals surface area contributed by atoms with Gasteiger partial charge in [0.25, 0.3) is 5.91 Å². The summed E-state index contributed by atoms with van der Waals surface area (Å²) in [5.74, 6) is -1.20. The molecule has 0 aromatic heterocycles. The lowest BCUT2D eigenvalue weighted by Crippen LogP contribution is -2.42. The Bertz CT molecular complexity index is 442. The van der Waals surface area contributed by atoms with Gasteiger partial charge < -0.3 is 10.0 Å². The number of benzene rings is 1. The van der Waals surface area contributed by atoms with E-state index in [2.05, 4.69) is 0 Å². The number of amides is 1. The summed E-state index contributed by atoms with van der Waals surface area (Å²) < 4.78 is 0. The number of carbonyl (C=O) groups excluding carboxylic acids is 1. The van der Waals surface area contributed by atoms with Crippen LogP contribution in [0, 0.1) is 0 Å². The Balaban J connectivity index is 3.02. The molecule has 98 valence electrons. The summed E-state index contributed by atoms with van der Waals surface area (Å²) in [6.07, 6.45) is 1.14. The van der Waals surface area contributed by atoms with Crippen LogP contribution in [0.3, 0.4) is 0 Å². The predicted molar refractivity (Wildman–Crippen MR) is 69.6 cm³/mol. The molecular formula is C14H19NO3. The summed E-state index contributed by atoms with van der Waals surface area (Å²) in [5, 5.41) is 9.07. The number of carbonyl (C=O) groups is 2. The minimum atomic E-state index is -0.970. The van der Waals surface area contributed by atoms with Crippen LogP contribution in [0.15, 0.2) is 24.3 Å². The van der Waals surface area contributed by atoms with Crippen LogP contribution >= 0.6 is 0 Å². The van der Waals surface area contributed by atoms with Crippen molar-refractivity contribution in [1.29, 1.82) is 0 Å². The number of aryl methyl sites for hydroxylation is 1. The van der Waals surface area contributed by atoms with Crippen molar-refractivity contribution in [2.45, 2.75) is 32.7 Å². The molecule has 0 aliphatic rings. The maximum absolute atomic E-state index is 12.3.